The van der Waals surface area contributed by atoms with Gasteiger partial charge in [-0.05, 0) is 24.3 Å². The fourth-order valence-corrected chi connectivity index (χ4v) is 3.76. The lowest BCUT2D eigenvalue weighted by Gasteiger charge is -2.06. The first-order chi connectivity index (χ1) is 15.3. The number of nitrogens with one attached hydrogen (secondary N) is 2. The fourth-order valence-electron chi connectivity index (χ4n) is 3.76. The number of hydrogen-bond donors (Lipinski definition) is 2. The third-order valence-electron chi connectivity index (χ3n) is 5.27. The van der Waals surface area contributed by atoms with E-state index in [4.69, 9.17) is 14.7 Å². The maximum Gasteiger partial charge on any atom is 0.155 e. The van der Waals surface area contributed by atoms with Gasteiger partial charge >= 0.3 is 0 Å². The number of imidazole rings is 2. The Bertz CT molecular complexity index is 1390. The predicted octanol–water partition coefficient (Wildman–Crippen LogP) is 6.57. The number of benzene rings is 4. The van der Waals surface area contributed by atoms with Gasteiger partial charge in [0.1, 0.15) is 22.7 Å². The minimum absolute atomic E-state index is 0.688. The second kappa shape index (κ2) is 7.15. The van der Waals surface area contributed by atoms with Gasteiger partial charge in [-0.2, -0.15) is 0 Å². The van der Waals surface area contributed by atoms with Crippen LogP contribution in [0.15, 0.2) is 97.1 Å². The molecule has 0 aliphatic heterocycles. The molecule has 2 aromatic heterocycles. The van der Waals surface area contributed by atoms with Crippen molar-refractivity contribution in [3.63, 3.8) is 0 Å². The van der Waals surface area contributed by atoms with E-state index in [0.29, 0.717) is 11.5 Å². The Balaban J connectivity index is 1.42. The zero-order valence-corrected chi connectivity index (χ0v) is 16.5. The molecule has 31 heavy (non-hydrogen) atoms. The first-order valence-electron chi connectivity index (χ1n) is 10.1. The highest BCUT2D eigenvalue weighted by Crippen LogP contribution is 2.34. The number of rotatable bonds is 4. The van der Waals surface area contributed by atoms with Crippen LogP contribution in [0.2, 0.25) is 0 Å². The van der Waals surface area contributed by atoms with Gasteiger partial charge in [0.15, 0.2) is 11.5 Å². The molecule has 4 aromatic carbocycles. The van der Waals surface area contributed by atoms with Gasteiger partial charge in [0, 0.05) is 11.1 Å². The average molecular weight is 402 g/mol. The van der Waals surface area contributed by atoms with Crippen LogP contribution in [0.1, 0.15) is 0 Å². The Hall–Kier alpha value is -4.38. The van der Waals surface area contributed by atoms with Gasteiger partial charge in [0.25, 0.3) is 0 Å². The first kappa shape index (κ1) is 17.5. The number of ether oxygens (including phenoxy) is 1. The molecule has 0 radical (unpaired) electrons. The van der Waals surface area contributed by atoms with E-state index in [-0.39, 0.29) is 0 Å². The summed E-state index contributed by atoms with van der Waals surface area (Å²) in [5, 5.41) is 0. The summed E-state index contributed by atoms with van der Waals surface area (Å²) >= 11 is 0. The SMILES string of the molecule is c1ccc(-c2nc3c(Oc4cccc5[nH]c(-c6ccccc6)nc45)cccc3[nH]2)cc1. The predicted molar refractivity (Wildman–Crippen MR) is 123 cm³/mol. The summed E-state index contributed by atoms with van der Waals surface area (Å²) in [4.78, 5) is 16.4. The van der Waals surface area contributed by atoms with Gasteiger partial charge in [-0.3, -0.25) is 0 Å². The molecule has 2 N–H and O–H groups in total. The molecule has 148 valence electrons. The van der Waals surface area contributed by atoms with Crippen LogP contribution in [-0.4, -0.2) is 19.9 Å². The summed E-state index contributed by atoms with van der Waals surface area (Å²) in [7, 11) is 0. The molecule has 0 amide bonds. The summed E-state index contributed by atoms with van der Waals surface area (Å²) in [5.74, 6) is 3.01. The van der Waals surface area contributed by atoms with Crippen LogP contribution in [0.5, 0.6) is 11.5 Å². The lowest BCUT2D eigenvalue weighted by atomic mass is 10.2. The van der Waals surface area contributed by atoms with Crippen molar-refractivity contribution in [1.82, 2.24) is 19.9 Å². The van der Waals surface area contributed by atoms with E-state index in [1.54, 1.807) is 0 Å². The minimum atomic E-state index is 0.688. The number of aromatic nitrogens is 4. The lowest BCUT2D eigenvalue weighted by molar-refractivity contribution is 0.492. The third-order valence-corrected chi connectivity index (χ3v) is 5.27. The van der Waals surface area contributed by atoms with E-state index >= 15 is 0 Å². The molecule has 0 unspecified atom stereocenters. The van der Waals surface area contributed by atoms with E-state index in [1.807, 2.05) is 97.1 Å². The fraction of sp³-hybridized carbons (Fsp3) is 0. The van der Waals surface area contributed by atoms with E-state index in [2.05, 4.69) is 9.97 Å². The number of para-hydroxylation sites is 2. The molecule has 6 rings (SSSR count). The summed E-state index contributed by atoms with van der Waals surface area (Å²) in [6.07, 6.45) is 0. The van der Waals surface area contributed by atoms with Crippen molar-refractivity contribution in [2.45, 2.75) is 0 Å². The number of fused-ring (bicyclic) bond motifs is 2. The highest BCUT2D eigenvalue weighted by atomic mass is 16.5. The van der Waals surface area contributed by atoms with Crippen molar-refractivity contribution in [2.75, 3.05) is 0 Å². The van der Waals surface area contributed by atoms with Gasteiger partial charge in [-0.1, -0.05) is 72.8 Å². The number of hydrogen-bond acceptors (Lipinski definition) is 3. The maximum absolute atomic E-state index is 6.34. The number of H-pyrrole nitrogens is 2. The second-order valence-electron chi connectivity index (χ2n) is 7.31. The summed E-state index contributed by atoms with van der Waals surface area (Å²) < 4.78 is 6.34. The molecule has 0 aliphatic rings. The molecule has 0 spiro atoms. The van der Waals surface area contributed by atoms with Crippen LogP contribution in [0.4, 0.5) is 0 Å². The Labute approximate surface area is 178 Å². The molecule has 2 heterocycles. The topological polar surface area (TPSA) is 66.6 Å². The zero-order chi connectivity index (χ0) is 20.6. The minimum Gasteiger partial charge on any atom is -0.453 e. The summed E-state index contributed by atoms with van der Waals surface area (Å²) in [5.41, 5.74) is 5.50. The molecule has 0 bridgehead atoms. The maximum atomic E-state index is 6.34. The zero-order valence-electron chi connectivity index (χ0n) is 16.5. The van der Waals surface area contributed by atoms with Crippen LogP contribution in [0, 0.1) is 0 Å². The second-order valence-corrected chi connectivity index (χ2v) is 7.31. The van der Waals surface area contributed by atoms with Gasteiger partial charge in [-0.25, -0.2) is 9.97 Å². The molecular weight excluding hydrogens is 384 g/mol. The molecule has 6 aromatic rings. The normalized spacial score (nSPS) is 11.2. The van der Waals surface area contributed by atoms with Crippen molar-refractivity contribution in [1.29, 1.82) is 0 Å². The van der Waals surface area contributed by atoms with Gasteiger partial charge in [0.2, 0.25) is 0 Å². The quantitative estimate of drug-likeness (QED) is 0.351. The lowest BCUT2D eigenvalue weighted by Crippen LogP contribution is -1.87. The molecule has 5 nitrogen and oxygen atoms in total. The summed E-state index contributed by atoms with van der Waals surface area (Å²) in [6, 6.07) is 31.9. The largest absolute Gasteiger partial charge is 0.453 e. The number of nitrogens with zero attached hydrogens (tertiary/aromatic N) is 2. The Morgan fingerprint density at radius 1 is 0.484 bits per heavy atom. The molecule has 0 aliphatic carbocycles. The molecule has 0 atom stereocenters. The Morgan fingerprint density at radius 3 is 1.39 bits per heavy atom. The van der Waals surface area contributed by atoms with Gasteiger partial charge in [0.05, 0.1) is 11.0 Å². The Kier molecular flexibility index (Phi) is 4.03. The van der Waals surface area contributed by atoms with E-state index in [1.165, 1.54) is 0 Å². The van der Waals surface area contributed by atoms with Crippen molar-refractivity contribution in [2.24, 2.45) is 0 Å². The van der Waals surface area contributed by atoms with Crippen molar-refractivity contribution in [3.05, 3.63) is 97.1 Å². The van der Waals surface area contributed by atoms with Crippen LogP contribution < -0.4 is 4.74 Å². The first-order valence-corrected chi connectivity index (χ1v) is 10.1. The van der Waals surface area contributed by atoms with Gasteiger partial charge in [-0.15, -0.1) is 0 Å². The van der Waals surface area contributed by atoms with Gasteiger partial charge < -0.3 is 14.7 Å². The van der Waals surface area contributed by atoms with Crippen LogP contribution in [0.25, 0.3) is 44.8 Å². The highest BCUT2D eigenvalue weighted by Gasteiger charge is 2.14. The smallest absolute Gasteiger partial charge is 0.155 e. The third kappa shape index (κ3) is 3.13. The molecule has 0 saturated carbocycles. The highest BCUT2D eigenvalue weighted by molar-refractivity contribution is 5.88. The Morgan fingerprint density at radius 2 is 0.935 bits per heavy atom. The molecule has 5 heteroatoms. The van der Waals surface area contributed by atoms with Crippen LogP contribution >= 0.6 is 0 Å². The average Bonchev–Trinajstić information content (AvgIpc) is 3.46. The monoisotopic (exact) mass is 402 g/mol. The molecule has 0 fully saturated rings. The van der Waals surface area contributed by atoms with E-state index in [0.717, 1.165) is 44.8 Å². The van der Waals surface area contributed by atoms with Crippen molar-refractivity contribution < 1.29 is 4.74 Å². The van der Waals surface area contributed by atoms with Crippen LogP contribution in [-0.2, 0) is 0 Å². The molecule has 0 saturated heterocycles. The summed E-state index contributed by atoms with van der Waals surface area (Å²) in [6.45, 7) is 0. The van der Waals surface area contributed by atoms with E-state index < -0.39 is 0 Å². The van der Waals surface area contributed by atoms with Crippen molar-refractivity contribution in [3.8, 4) is 34.3 Å². The molecular formula is C26H18N4O. The number of aromatic amines is 2. The van der Waals surface area contributed by atoms with Crippen LogP contribution in [0.3, 0.4) is 0 Å². The standard InChI is InChI=1S/C26H18N4O/c1-3-9-17(10-4-1)25-27-19-13-7-15-21(23(19)29-25)31-22-16-8-14-20-24(22)30-26(28-20)18-11-5-2-6-12-18/h1-16H,(H,27,29)(H,28,30). The van der Waals surface area contributed by atoms with Crippen molar-refractivity contribution >= 4 is 22.1 Å². The van der Waals surface area contributed by atoms with E-state index in [9.17, 15) is 0 Å².